The molecule has 1 aliphatic carbocycles. The Balaban J connectivity index is 2.14. The number of hydrogen-bond donors (Lipinski definition) is 2. The predicted molar refractivity (Wildman–Crippen MR) is 95.2 cm³/mol. The van der Waals surface area contributed by atoms with Crippen molar-refractivity contribution in [1.29, 1.82) is 0 Å². The minimum atomic E-state index is -0.256. The van der Waals surface area contributed by atoms with Crippen molar-refractivity contribution in [2.24, 2.45) is 0 Å². The molecule has 5 heteroatoms. The molecule has 4 N–H and O–H groups in total. The average molecular weight is 315 g/mol. The number of allylic oxidation sites excluding steroid dienone is 4. The SMILES string of the molecule is Nc1cc(C2=CC(=O)C=CC2=O)c2c(N)c3ccccc3nc2c1. The lowest BCUT2D eigenvalue weighted by molar-refractivity contribution is -0.113. The summed E-state index contributed by atoms with van der Waals surface area (Å²) in [7, 11) is 0. The highest BCUT2D eigenvalue weighted by molar-refractivity contribution is 6.36. The molecule has 0 aliphatic heterocycles. The van der Waals surface area contributed by atoms with Gasteiger partial charge in [-0.05, 0) is 42.0 Å². The number of pyridine rings is 1. The van der Waals surface area contributed by atoms with Crippen molar-refractivity contribution < 1.29 is 9.59 Å². The molecule has 2 aromatic carbocycles. The monoisotopic (exact) mass is 315 g/mol. The summed E-state index contributed by atoms with van der Waals surface area (Å²) >= 11 is 0. The number of ketones is 2. The Morgan fingerprint density at radius 3 is 2.54 bits per heavy atom. The normalized spacial score (nSPS) is 14.4. The van der Waals surface area contributed by atoms with Crippen LogP contribution in [0.25, 0.3) is 27.4 Å². The minimum absolute atomic E-state index is 0.243. The van der Waals surface area contributed by atoms with Crippen LogP contribution in [0.4, 0.5) is 11.4 Å². The molecule has 1 heterocycles. The van der Waals surface area contributed by atoms with Gasteiger partial charge in [0, 0.05) is 22.0 Å². The minimum Gasteiger partial charge on any atom is -0.399 e. The van der Waals surface area contributed by atoms with Crippen LogP contribution >= 0.6 is 0 Å². The third-order valence-electron chi connectivity index (χ3n) is 4.09. The fourth-order valence-electron chi connectivity index (χ4n) is 3.02. The maximum Gasteiger partial charge on any atom is 0.186 e. The number of carbonyl (C=O) groups is 2. The number of fused-ring (bicyclic) bond motifs is 2. The van der Waals surface area contributed by atoms with E-state index in [1.165, 1.54) is 18.2 Å². The Morgan fingerprint density at radius 1 is 0.917 bits per heavy atom. The lowest BCUT2D eigenvalue weighted by Crippen LogP contribution is -2.08. The Kier molecular flexibility index (Phi) is 2.96. The van der Waals surface area contributed by atoms with Crippen molar-refractivity contribution in [2.45, 2.75) is 0 Å². The molecule has 0 amide bonds. The Bertz CT molecular complexity index is 1110. The molecule has 1 aliphatic rings. The van der Waals surface area contributed by atoms with Crippen LogP contribution in [0.5, 0.6) is 0 Å². The van der Waals surface area contributed by atoms with Crippen molar-refractivity contribution in [3.8, 4) is 0 Å². The molecule has 0 saturated heterocycles. The number of nitrogens with two attached hydrogens (primary N) is 2. The summed E-state index contributed by atoms with van der Waals surface area (Å²) in [5.41, 5.74) is 15.5. The second-order valence-electron chi connectivity index (χ2n) is 5.66. The summed E-state index contributed by atoms with van der Waals surface area (Å²) < 4.78 is 0. The summed E-state index contributed by atoms with van der Waals surface area (Å²) in [5.74, 6) is -0.499. The van der Waals surface area contributed by atoms with Gasteiger partial charge in [0.1, 0.15) is 0 Å². The summed E-state index contributed by atoms with van der Waals surface area (Å²) in [6.07, 6.45) is 3.82. The summed E-state index contributed by atoms with van der Waals surface area (Å²) in [5, 5.41) is 1.42. The van der Waals surface area contributed by atoms with Crippen LogP contribution in [0, 0.1) is 0 Å². The van der Waals surface area contributed by atoms with Crippen LogP contribution in [0.15, 0.2) is 54.6 Å². The Morgan fingerprint density at radius 2 is 1.71 bits per heavy atom. The van der Waals surface area contributed by atoms with E-state index in [-0.39, 0.29) is 17.1 Å². The summed E-state index contributed by atoms with van der Waals surface area (Å²) in [6, 6.07) is 10.9. The molecule has 0 fully saturated rings. The molecular weight excluding hydrogens is 302 g/mol. The Labute approximate surface area is 137 Å². The van der Waals surface area contributed by atoms with Gasteiger partial charge in [0.2, 0.25) is 0 Å². The third kappa shape index (κ3) is 2.06. The van der Waals surface area contributed by atoms with Gasteiger partial charge in [0.25, 0.3) is 0 Å². The zero-order valence-electron chi connectivity index (χ0n) is 12.6. The molecule has 24 heavy (non-hydrogen) atoms. The molecular formula is C19H13N3O2. The lowest BCUT2D eigenvalue weighted by Gasteiger charge is -2.14. The van der Waals surface area contributed by atoms with Gasteiger partial charge in [0.15, 0.2) is 11.6 Å². The predicted octanol–water partition coefficient (Wildman–Crippen LogP) is 2.64. The molecule has 5 nitrogen and oxygen atoms in total. The van der Waals surface area contributed by atoms with Crippen LogP contribution in [0.2, 0.25) is 0 Å². The van der Waals surface area contributed by atoms with E-state index in [0.29, 0.717) is 27.8 Å². The average Bonchev–Trinajstić information content (AvgIpc) is 2.56. The van der Waals surface area contributed by atoms with Gasteiger partial charge in [0.05, 0.1) is 16.7 Å². The van der Waals surface area contributed by atoms with Gasteiger partial charge in [-0.2, -0.15) is 0 Å². The lowest BCUT2D eigenvalue weighted by atomic mass is 9.91. The van der Waals surface area contributed by atoms with Crippen LogP contribution in [-0.2, 0) is 9.59 Å². The van der Waals surface area contributed by atoms with Gasteiger partial charge in [-0.1, -0.05) is 18.2 Å². The van der Waals surface area contributed by atoms with E-state index in [9.17, 15) is 9.59 Å². The highest BCUT2D eigenvalue weighted by Crippen LogP contribution is 2.36. The molecule has 4 rings (SSSR count). The van der Waals surface area contributed by atoms with E-state index < -0.39 is 0 Å². The number of benzene rings is 2. The quantitative estimate of drug-likeness (QED) is 0.408. The van der Waals surface area contributed by atoms with Crippen molar-refractivity contribution in [3.63, 3.8) is 0 Å². The van der Waals surface area contributed by atoms with E-state index >= 15 is 0 Å². The highest BCUT2D eigenvalue weighted by atomic mass is 16.1. The second kappa shape index (κ2) is 5.03. The van der Waals surface area contributed by atoms with Crippen LogP contribution < -0.4 is 11.5 Å². The van der Waals surface area contributed by atoms with E-state index in [1.54, 1.807) is 12.1 Å². The zero-order valence-corrected chi connectivity index (χ0v) is 12.6. The van der Waals surface area contributed by atoms with Crippen molar-refractivity contribution >= 4 is 50.3 Å². The van der Waals surface area contributed by atoms with E-state index in [1.807, 2.05) is 24.3 Å². The van der Waals surface area contributed by atoms with Gasteiger partial charge in [-0.15, -0.1) is 0 Å². The maximum absolute atomic E-state index is 12.3. The largest absolute Gasteiger partial charge is 0.399 e. The number of anilines is 2. The van der Waals surface area contributed by atoms with Gasteiger partial charge in [-0.3, -0.25) is 9.59 Å². The molecule has 0 bridgehead atoms. The molecule has 116 valence electrons. The fourth-order valence-corrected chi connectivity index (χ4v) is 3.02. The second-order valence-corrected chi connectivity index (χ2v) is 5.66. The summed E-state index contributed by atoms with van der Waals surface area (Å²) in [6.45, 7) is 0. The zero-order chi connectivity index (χ0) is 16.8. The topological polar surface area (TPSA) is 99.1 Å². The highest BCUT2D eigenvalue weighted by Gasteiger charge is 2.20. The molecule has 0 saturated carbocycles. The first-order valence-corrected chi connectivity index (χ1v) is 7.40. The first-order chi connectivity index (χ1) is 11.5. The van der Waals surface area contributed by atoms with Crippen molar-refractivity contribution in [1.82, 2.24) is 4.98 Å². The van der Waals surface area contributed by atoms with Crippen molar-refractivity contribution in [3.05, 3.63) is 60.2 Å². The number of rotatable bonds is 1. The molecule has 0 spiro atoms. The number of aromatic nitrogens is 1. The van der Waals surface area contributed by atoms with Gasteiger partial charge >= 0.3 is 0 Å². The first kappa shape index (κ1) is 14.1. The maximum atomic E-state index is 12.3. The standard InChI is InChI=1S/C19H13N3O2/c20-10-7-14(13-9-11(23)5-6-17(13)24)18-16(8-10)22-15-4-2-1-3-12(15)19(18)21/h1-9H,20H2,(H2,21,22). The molecule has 0 unspecified atom stereocenters. The van der Waals surface area contributed by atoms with Gasteiger partial charge in [-0.25, -0.2) is 4.98 Å². The van der Waals surface area contributed by atoms with Crippen LogP contribution in [0.1, 0.15) is 5.56 Å². The molecule has 3 aromatic rings. The number of carbonyl (C=O) groups excluding carboxylic acids is 2. The molecule has 0 radical (unpaired) electrons. The summed E-state index contributed by atoms with van der Waals surface area (Å²) in [4.78, 5) is 28.6. The third-order valence-corrected chi connectivity index (χ3v) is 4.09. The molecule has 0 atom stereocenters. The van der Waals surface area contributed by atoms with Crippen molar-refractivity contribution in [2.75, 3.05) is 11.5 Å². The van der Waals surface area contributed by atoms with E-state index in [4.69, 9.17) is 11.5 Å². The number of nitrogen functional groups attached to an aromatic ring is 2. The molecule has 1 aromatic heterocycles. The first-order valence-electron chi connectivity index (χ1n) is 7.40. The number of nitrogens with zero attached hydrogens (tertiary/aromatic N) is 1. The Hall–Kier alpha value is -3.47. The van der Waals surface area contributed by atoms with Gasteiger partial charge < -0.3 is 11.5 Å². The number of para-hydroxylation sites is 1. The smallest absolute Gasteiger partial charge is 0.186 e. The van der Waals surface area contributed by atoms with Crippen LogP contribution in [0.3, 0.4) is 0 Å². The van der Waals surface area contributed by atoms with Crippen LogP contribution in [-0.4, -0.2) is 16.6 Å². The number of hydrogen-bond acceptors (Lipinski definition) is 5. The van der Waals surface area contributed by atoms with E-state index in [0.717, 1.165) is 10.9 Å². The van der Waals surface area contributed by atoms with E-state index in [2.05, 4.69) is 4.98 Å². The fraction of sp³-hybridized carbons (Fsp3) is 0.